The summed E-state index contributed by atoms with van der Waals surface area (Å²) in [5.41, 5.74) is 0.945. The molecule has 0 radical (unpaired) electrons. The predicted octanol–water partition coefficient (Wildman–Crippen LogP) is 2.27. The van der Waals surface area contributed by atoms with Crippen LogP contribution in [0.3, 0.4) is 0 Å². The minimum atomic E-state index is -0.889. The highest BCUT2D eigenvalue weighted by Gasteiger charge is 2.54. The zero-order valence-electron chi connectivity index (χ0n) is 13.7. The maximum Gasteiger partial charge on any atom is 0.327 e. The number of carboxylic acid groups (broad SMARTS) is 1. The molecule has 2 saturated heterocycles. The number of carbonyl (C=O) groups excluding carboxylic acids is 1. The van der Waals surface area contributed by atoms with Crippen molar-refractivity contribution in [1.82, 2.24) is 10.2 Å². The molecule has 0 aliphatic carbocycles. The quantitative estimate of drug-likeness (QED) is 0.381. The van der Waals surface area contributed by atoms with E-state index in [4.69, 9.17) is 12.2 Å². The van der Waals surface area contributed by atoms with E-state index >= 15 is 0 Å². The summed E-state index contributed by atoms with van der Waals surface area (Å²) in [6, 6.07) is 9.06. The molecule has 3 unspecified atom stereocenters. The van der Waals surface area contributed by atoms with Gasteiger partial charge in [-0.2, -0.15) is 0 Å². The number of carboxylic acids is 1. The summed E-state index contributed by atoms with van der Waals surface area (Å²) in [5.74, 6) is -0.925. The van der Waals surface area contributed by atoms with Crippen LogP contribution in [0.1, 0.15) is 25.7 Å². The second-order valence-corrected chi connectivity index (χ2v) is 7.99. The smallest absolute Gasteiger partial charge is 0.327 e. The molecule has 3 N–H and O–H groups in total. The molecular weight excluding hydrogens is 358 g/mol. The number of β-lactam (4-membered cyclic amide) rings is 1. The number of anilines is 1. The standard InChI is InChI=1S/C17H21N3O3S2/c21-13-10-14-20(13)15(16(22)23)12(25-14)8-4-5-9-18-17(24)19-11-6-2-1-3-7-11/h1-3,6-7,12,14-15H,4-5,8-10H2,(H,22,23)(H2,18,19,24). The molecule has 1 aromatic rings. The van der Waals surface area contributed by atoms with E-state index in [1.165, 1.54) is 4.90 Å². The Kier molecular flexibility index (Phi) is 5.80. The summed E-state index contributed by atoms with van der Waals surface area (Å²) in [6.45, 7) is 0.736. The molecule has 2 fully saturated rings. The minimum Gasteiger partial charge on any atom is -0.480 e. The van der Waals surface area contributed by atoms with Gasteiger partial charge in [-0.15, -0.1) is 11.8 Å². The van der Waals surface area contributed by atoms with E-state index in [1.54, 1.807) is 11.8 Å². The summed E-state index contributed by atoms with van der Waals surface area (Å²) in [6.07, 6.45) is 3.07. The van der Waals surface area contributed by atoms with Crippen molar-refractivity contribution in [2.45, 2.75) is 42.3 Å². The number of nitrogens with zero attached hydrogens (tertiary/aromatic N) is 1. The molecule has 3 rings (SSSR count). The van der Waals surface area contributed by atoms with Gasteiger partial charge in [-0.05, 0) is 37.2 Å². The largest absolute Gasteiger partial charge is 0.480 e. The SMILES string of the molecule is O=C(O)C1C(CCCCNC(=S)Nc2ccccc2)SC2CC(=O)N21. The van der Waals surface area contributed by atoms with Gasteiger partial charge >= 0.3 is 5.97 Å². The topological polar surface area (TPSA) is 81.7 Å². The first kappa shape index (κ1) is 18.0. The molecule has 0 bridgehead atoms. The highest BCUT2D eigenvalue weighted by Crippen LogP contribution is 2.45. The molecule has 8 heteroatoms. The van der Waals surface area contributed by atoms with Gasteiger partial charge in [0.2, 0.25) is 5.91 Å². The Balaban J connectivity index is 1.35. The molecule has 6 nitrogen and oxygen atoms in total. The molecule has 134 valence electrons. The Morgan fingerprint density at radius 3 is 2.76 bits per heavy atom. The molecular formula is C17H21N3O3S2. The average Bonchev–Trinajstić information content (AvgIpc) is 2.88. The first-order chi connectivity index (χ1) is 12.1. The molecule has 1 aromatic carbocycles. The van der Waals surface area contributed by atoms with E-state index in [1.807, 2.05) is 30.3 Å². The molecule has 2 aliphatic heterocycles. The Labute approximate surface area is 156 Å². The van der Waals surface area contributed by atoms with Crippen LogP contribution in [0.2, 0.25) is 0 Å². The van der Waals surface area contributed by atoms with Gasteiger partial charge in [0, 0.05) is 17.5 Å². The highest BCUT2D eigenvalue weighted by atomic mass is 32.2. The van der Waals surface area contributed by atoms with Gasteiger partial charge in [0.15, 0.2) is 5.11 Å². The van der Waals surface area contributed by atoms with E-state index in [2.05, 4.69) is 10.6 Å². The number of rotatable bonds is 7. The first-order valence-corrected chi connectivity index (χ1v) is 9.70. The Morgan fingerprint density at radius 1 is 1.32 bits per heavy atom. The Morgan fingerprint density at radius 2 is 2.08 bits per heavy atom. The zero-order valence-corrected chi connectivity index (χ0v) is 15.3. The monoisotopic (exact) mass is 379 g/mol. The number of hydrogen-bond donors (Lipinski definition) is 3. The number of fused-ring (bicyclic) bond motifs is 1. The lowest BCUT2D eigenvalue weighted by atomic mass is 10.0. The number of para-hydroxylation sites is 1. The molecule has 1 amide bonds. The van der Waals surface area contributed by atoms with E-state index in [0.717, 1.165) is 31.5 Å². The number of benzene rings is 1. The number of hydrogen-bond acceptors (Lipinski definition) is 4. The third-order valence-corrected chi connectivity index (χ3v) is 6.21. The second kappa shape index (κ2) is 8.05. The van der Waals surface area contributed by atoms with E-state index in [9.17, 15) is 14.7 Å². The molecule has 25 heavy (non-hydrogen) atoms. The number of unbranched alkanes of at least 4 members (excludes halogenated alkanes) is 1. The van der Waals surface area contributed by atoms with Gasteiger partial charge < -0.3 is 20.6 Å². The van der Waals surface area contributed by atoms with Crippen LogP contribution in [-0.2, 0) is 9.59 Å². The van der Waals surface area contributed by atoms with Gasteiger partial charge in [0.25, 0.3) is 0 Å². The minimum absolute atomic E-state index is 0.0108. The lowest BCUT2D eigenvalue weighted by molar-refractivity contribution is -0.156. The maximum absolute atomic E-state index is 11.6. The van der Waals surface area contributed by atoms with E-state index < -0.39 is 12.0 Å². The Bertz CT molecular complexity index is 656. The predicted molar refractivity (Wildman–Crippen MR) is 103 cm³/mol. The van der Waals surface area contributed by atoms with Gasteiger partial charge in [0.1, 0.15) is 6.04 Å². The van der Waals surface area contributed by atoms with Crippen molar-refractivity contribution in [2.24, 2.45) is 0 Å². The lowest BCUT2D eigenvalue weighted by Gasteiger charge is -2.35. The van der Waals surface area contributed by atoms with Crippen molar-refractivity contribution in [2.75, 3.05) is 11.9 Å². The number of nitrogens with one attached hydrogen (secondary N) is 2. The lowest BCUT2D eigenvalue weighted by Crippen LogP contribution is -2.55. The fourth-order valence-corrected chi connectivity index (χ4v) is 5.12. The third kappa shape index (κ3) is 4.24. The van der Waals surface area contributed by atoms with Crippen LogP contribution in [0.4, 0.5) is 5.69 Å². The van der Waals surface area contributed by atoms with Crippen LogP contribution in [-0.4, -0.2) is 50.2 Å². The maximum atomic E-state index is 11.6. The van der Waals surface area contributed by atoms with Crippen LogP contribution in [0.5, 0.6) is 0 Å². The second-order valence-electron chi connectivity index (χ2n) is 6.16. The molecule has 3 atom stereocenters. The Hall–Kier alpha value is -1.80. The van der Waals surface area contributed by atoms with Gasteiger partial charge in [-0.25, -0.2) is 4.79 Å². The molecule has 2 heterocycles. The van der Waals surface area contributed by atoms with Gasteiger partial charge in [-0.3, -0.25) is 4.79 Å². The van der Waals surface area contributed by atoms with Crippen LogP contribution in [0.25, 0.3) is 0 Å². The molecule has 0 saturated carbocycles. The average molecular weight is 380 g/mol. The summed E-state index contributed by atoms with van der Waals surface area (Å²) >= 11 is 6.88. The summed E-state index contributed by atoms with van der Waals surface area (Å²) in [5, 5.41) is 16.3. The third-order valence-electron chi connectivity index (χ3n) is 4.42. The number of thioether (sulfide) groups is 1. The van der Waals surface area contributed by atoms with Gasteiger partial charge in [0.05, 0.1) is 11.8 Å². The summed E-state index contributed by atoms with van der Waals surface area (Å²) in [7, 11) is 0. The summed E-state index contributed by atoms with van der Waals surface area (Å²) < 4.78 is 0. The van der Waals surface area contributed by atoms with Crippen molar-refractivity contribution in [3.8, 4) is 0 Å². The van der Waals surface area contributed by atoms with Crippen LogP contribution in [0, 0.1) is 0 Å². The van der Waals surface area contributed by atoms with E-state index in [-0.39, 0.29) is 16.5 Å². The van der Waals surface area contributed by atoms with Crippen molar-refractivity contribution >= 4 is 46.7 Å². The fourth-order valence-electron chi connectivity index (χ4n) is 3.18. The molecule has 0 spiro atoms. The van der Waals surface area contributed by atoms with Crippen molar-refractivity contribution in [3.05, 3.63) is 30.3 Å². The van der Waals surface area contributed by atoms with Crippen molar-refractivity contribution in [3.63, 3.8) is 0 Å². The van der Waals surface area contributed by atoms with Crippen molar-refractivity contribution < 1.29 is 14.7 Å². The highest BCUT2D eigenvalue weighted by molar-refractivity contribution is 8.01. The van der Waals surface area contributed by atoms with Crippen LogP contribution >= 0.6 is 24.0 Å². The van der Waals surface area contributed by atoms with Crippen LogP contribution in [0.15, 0.2) is 30.3 Å². The van der Waals surface area contributed by atoms with Gasteiger partial charge in [-0.1, -0.05) is 24.6 Å². The number of carbonyl (C=O) groups is 2. The normalized spacial score (nSPS) is 24.4. The number of aliphatic carboxylic acids is 1. The van der Waals surface area contributed by atoms with Crippen molar-refractivity contribution in [1.29, 1.82) is 0 Å². The summed E-state index contributed by atoms with van der Waals surface area (Å²) in [4.78, 5) is 24.6. The zero-order chi connectivity index (χ0) is 17.8. The molecule has 2 aliphatic rings. The van der Waals surface area contributed by atoms with Crippen LogP contribution < -0.4 is 10.6 Å². The number of amides is 1. The first-order valence-electron chi connectivity index (χ1n) is 8.35. The fraction of sp³-hybridized carbons (Fsp3) is 0.471. The molecule has 0 aromatic heterocycles. The number of thiocarbonyl (C=S) groups is 1. The van der Waals surface area contributed by atoms with E-state index in [0.29, 0.717) is 11.5 Å².